The van der Waals surface area contributed by atoms with Crippen LogP contribution in [-0.4, -0.2) is 10.1 Å². The van der Waals surface area contributed by atoms with Crippen molar-refractivity contribution in [2.24, 2.45) is 5.73 Å². The number of nitrogens with zero attached hydrogens (tertiary/aromatic N) is 2. The second-order valence-corrected chi connectivity index (χ2v) is 5.03. The first-order valence-corrected chi connectivity index (χ1v) is 6.20. The Balaban J connectivity index is 2.27. The Morgan fingerprint density at radius 3 is 2.39 bits per heavy atom. The third-order valence-electron chi connectivity index (χ3n) is 3.45. The molecule has 0 aliphatic heterocycles. The van der Waals surface area contributed by atoms with Crippen LogP contribution >= 0.6 is 0 Å². The monoisotopic (exact) mass is 245 g/mol. The van der Waals surface area contributed by atoms with Gasteiger partial charge in [-0.05, 0) is 17.4 Å². The molecular formula is C14H19N3O. The lowest BCUT2D eigenvalue weighted by atomic mass is 9.82. The average Bonchev–Trinajstić information content (AvgIpc) is 2.87. The Morgan fingerprint density at radius 2 is 1.89 bits per heavy atom. The van der Waals surface area contributed by atoms with Crippen LogP contribution in [0.3, 0.4) is 0 Å². The van der Waals surface area contributed by atoms with Crippen molar-refractivity contribution in [3.8, 4) is 11.4 Å². The molecule has 2 N–H and O–H groups in total. The third kappa shape index (κ3) is 2.43. The van der Waals surface area contributed by atoms with E-state index in [9.17, 15) is 0 Å². The normalized spacial score (nSPS) is 11.8. The molecule has 0 bridgehead atoms. The van der Waals surface area contributed by atoms with Crippen LogP contribution in [0.1, 0.15) is 38.6 Å². The zero-order valence-corrected chi connectivity index (χ0v) is 11.1. The van der Waals surface area contributed by atoms with Gasteiger partial charge in [-0.1, -0.05) is 50.2 Å². The summed E-state index contributed by atoms with van der Waals surface area (Å²) in [6, 6.07) is 8.30. The van der Waals surface area contributed by atoms with E-state index in [1.54, 1.807) is 0 Å². The van der Waals surface area contributed by atoms with Crippen LogP contribution in [0.4, 0.5) is 0 Å². The molecule has 0 fully saturated rings. The SMILES string of the molecule is CCC(C)(C)c1ccc(-c2noc(CN)n2)cc1. The van der Waals surface area contributed by atoms with Gasteiger partial charge in [0.05, 0.1) is 6.54 Å². The van der Waals surface area contributed by atoms with Crippen LogP contribution in [0.25, 0.3) is 11.4 Å². The molecule has 2 rings (SSSR count). The molecule has 96 valence electrons. The quantitative estimate of drug-likeness (QED) is 0.899. The number of hydrogen-bond donors (Lipinski definition) is 1. The first-order chi connectivity index (χ1) is 8.56. The molecule has 0 unspecified atom stereocenters. The van der Waals surface area contributed by atoms with Gasteiger partial charge in [0.2, 0.25) is 11.7 Å². The number of aromatic nitrogens is 2. The summed E-state index contributed by atoms with van der Waals surface area (Å²) in [5, 5.41) is 3.90. The highest BCUT2D eigenvalue weighted by molar-refractivity contribution is 5.55. The van der Waals surface area contributed by atoms with E-state index in [2.05, 4.69) is 43.0 Å². The highest BCUT2D eigenvalue weighted by atomic mass is 16.5. The van der Waals surface area contributed by atoms with Crippen LogP contribution in [0.5, 0.6) is 0 Å². The molecule has 0 radical (unpaired) electrons. The molecule has 1 aromatic carbocycles. The van der Waals surface area contributed by atoms with Crippen LogP contribution in [0.15, 0.2) is 28.8 Å². The van der Waals surface area contributed by atoms with E-state index in [1.807, 2.05) is 12.1 Å². The molecule has 4 nitrogen and oxygen atoms in total. The molecule has 2 aromatic rings. The van der Waals surface area contributed by atoms with Crippen LogP contribution in [0, 0.1) is 0 Å². The molecule has 1 heterocycles. The largest absolute Gasteiger partial charge is 0.338 e. The maximum atomic E-state index is 5.44. The standard InChI is InChI=1S/C14H19N3O/c1-4-14(2,3)11-7-5-10(6-8-11)13-16-12(9-15)18-17-13/h5-8H,4,9,15H2,1-3H3. The topological polar surface area (TPSA) is 64.9 Å². The molecule has 0 saturated heterocycles. The Kier molecular flexibility index (Phi) is 3.48. The smallest absolute Gasteiger partial charge is 0.240 e. The lowest BCUT2D eigenvalue weighted by Crippen LogP contribution is -2.14. The minimum atomic E-state index is 0.193. The lowest BCUT2D eigenvalue weighted by molar-refractivity contribution is 0.380. The molecule has 18 heavy (non-hydrogen) atoms. The van der Waals surface area contributed by atoms with Crippen molar-refractivity contribution in [2.75, 3.05) is 0 Å². The zero-order valence-electron chi connectivity index (χ0n) is 11.1. The van der Waals surface area contributed by atoms with Crippen molar-refractivity contribution in [1.82, 2.24) is 10.1 Å². The van der Waals surface area contributed by atoms with Crippen molar-refractivity contribution in [1.29, 1.82) is 0 Å². The maximum Gasteiger partial charge on any atom is 0.240 e. The van der Waals surface area contributed by atoms with Gasteiger partial charge in [0, 0.05) is 5.56 Å². The van der Waals surface area contributed by atoms with Gasteiger partial charge in [0.15, 0.2) is 0 Å². The predicted molar refractivity (Wildman–Crippen MR) is 70.9 cm³/mol. The van der Waals surface area contributed by atoms with E-state index >= 15 is 0 Å². The van der Waals surface area contributed by atoms with Crippen molar-refractivity contribution >= 4 is 0 Å². The molecule has 0 saturated carbocycles. The van der Waals surface area contributed by atoms with E-state index in [1.165, 1.54) is 5.56 Å². The third-order valence-corrected chi connectivity index (χ3v) is 3.45. The molecule has 4 heteroatoms. The van der Waals surface area contributed by atoms with E-state index in [0.29, 0.717) is 11.7 Å². The number of benzene rings is 1. The van der Waals surface area contributed by atoms with Crippen molar-refractivity contribution in [3.05, 3.63) is 35.7 Å². The van der Waals surface area contributed by atoms with E-state index < -0.39 is 0 Å². The van der Waals surface area contributed by atoms with Gasteiger partial charge >= 0.3 is 0 Å². The molecule has 1 aromatic heterocycles. The summed E-state index contributed by atoms with van der Waals surface area (Å²) in [5.41, 5.74) is 7.91. The summed E-state index contributed by atoms with van der Waals surface area (Å²) in [6.45, 7) is 6.94. The first kappa shape index (κ1) is 12.8. The average molecular weight is 245 g/mol. The maximum absolute atomic E-state index is 5.44. The first-order valence-electron chi connectivity index (χ1n) is 6.20. The fourth-order valence-electron chi connectivity index (χ4n) is 1.73. The fraction of sp³-hybridized carbons (Fsp3) is 0.429. The van der Waals surface area contributed by atoms with Gasteiger partial charge in [-0.15, -0.1) is 0 Å². The van der Waals surface area contributed by atoms with Gasteiger partial charge in [0.25, 0.3) is 0 Å². The van der Waals surface area contributed by atoms with Gasteiger partial charge in [-0.25, -0.2) is 0 Å². The predicted octanol–water partition coefficient (Wildman–Crippen LogP) is 2.88. The van der Waals surface area contributed by atoms with Gasteiger partial charge in [-0.3, -0.25) is 0 Å². The van der Waals surface area contributed by atoms with Gasteiger partial charge < -0.3 is 10.3 Å². The van der Waals surface area contributed by atoms with E-state index in [4.69, 9.17) is 10.3 Å². The van der Waals surface area contributed by atoms with E-state index in [0.717, 1.165) is 12.0 Å². The summed E-state index contributed by atoms with van der Waals surface area (Å²) < 4.78 is 5.00. The Labute approximate surface area is 107 Å². The van der Waals surface area contributed by atoms with Crippen molar-refractivity contribution in [3.63, 3.8) is 0 Å². The second-order valence-electron chi connectivity index (χ2n) is 5.03. The second kappa shape index (κ2) is 4.90. The van der Waals surface area contributed by atoms with Gasteiger partial charge in [-0.2, -0.15) is 4.98 Å². The Bertz CT molecular complexity index is 514. The Hall–Kier alpha value is -1.68. The summed E-state index contributed by atoms with van der Waals surface area (Å²) in [6.07, 6.45) is 1.10. The van der Waals surface area contributed by atoms with Crippen LogP contribution in [0.2, 0.25) is 0 Å². The molecule has 0 spiro atoms. The van der Waals surface area contributed by atoms with Crippen LogP contribution in [-0.2, 0) is 12.0 Å². The molecular weight excluding hydrogens is 226 g/mol. The number of rotatable bonds is 4. The summed E-state index contributed by atoms with van der Waals surface area (Å²) >= 11 is 0. The molecule has 0 aliphatic rings. The highest BCUT2D eigenvalue weighted by Crippen LogP contribution is 2.28. The lowest BCUT2D eigenvalue weighted by Gasteiger charge is -2.23. The summed E-state index contributed by atoms with van der Waals surface area (Å²) in [7, 11) is 0. The fourth-order valence-corrected chi connectivity index (χ4v) is 1.73. The number of nitrogens with two attached hydrogens (primary N) is 1. The Morgan fingerprint density at radius 1 is 1.22 bits per heavy atom. The zero-order chi connectivity index (χ0) is 13.2. The minimum Gasteiger partial charge on any atom is -0.338 e. The molecule has 0 amide bonds. The molecule has 0 aliphatic carbocycles. The minimum absolute atomic E-state index is 0.193. The van der Waals surface area contributed by atoms with E-state index in [-0.39, 0.29) is 12.0 Å². The van der Waals surface area contributed by atoms with Crippen molar-refractivity contribution < 1.29 is 4.52 Å². The van der Waals surface area contributed by atoms with Crippen molar-refractivity contribution in [2.45, 2.75) is 39.2 Å². The highest BCUT2D eigenvalue weighted by Gasteiger charge is 2.18. The summed E-state index contributed by atoms with van der Waals surface area (Å²) in [4.78, 5) is 4.21. The number of hydrogen-bond acceptors (Lipinski definition) is 4. The van der Waals surface area contributed by atoms with Crippen LogP contribution < -0.4 is 5.73 Å². The summed E-state index contributed by atoms with van der Waals surface area (Å²) in [5.74, 6) is 1.05. The van der Waals surface area contributed by atoms with Gasteiger partial charge in [0.1, 0.15) is 0 Å². The molecule has 0 atom stereocenters.